The van der Waals surface area contributed by atoms with Gasteiger partial charge in [-0.1, -0.05) is 35.5 Å². The van der Waals surface area contributed by atoms with Crippen molar-refractivity contribution in [1.82, 2.24) is 5.16 Å². The lowest BCUT2D eigenvalue weighted by Crippen LogP contribution is -2.12. The largest absolute Gasteiger partial charge is 0.356 e. The van der Waals surface area contributed by atoms with E-state index in [1.165, 1.54) is 0 Å². The van der Waals surface area contributed by atoms with Crippen LogP contribution in [-0.4, -0.2) is 10.9 Å². The summed E-state index contributed by atoms with van der Waals surface area (Å²) in [7, 11) is 0. The molecule has 1 aromatic carbocycles. The van der Waals surface area contributed by atoms with E-state index in [1.54, 1.807) is 0 Å². The van der Waals surface area contributed by atoms with Gasteiger partial charge in [-0.2, -0.15) is 0 Å². The Bertz CT molecular complexity index is 528. The van der Waals surface area contributed by atoms with Gasteiger partial charge in [0.25, 0.3) is 0 Å². The Morgan fingerprint density at radius 2 is 1.94 bits per heavy atom. The molecular weight excluding hydrogens is 202 g/mol. The Kier molecular flexibility index (Phi) is 2.10. The topological polar surface area (TPSA) is 43.1 Å². The molecule has 0 atom stereocenters. The van der Waals surface area contributed by atoms with Gasteiger partial charge in [0.2, 0.25) is 0 Å². The number of ketones is 1. The van der Waals surface area contributed by atoms with Crippen molar-refractivity contribution < 1.29 is 9.32 Å². The van der Waals surface area contributed by atoms with E-state index < -0.39 is 0 Å². The number of nitrogens with zero attached hydrogens (tertiary/aromatic N) is 1. The highest BCUT2D eigenvalue weighted by Crippen LogP contribution is 2.30. The summed E-state index contributed by atoms with van der Waals surface area (Å²) in [6, 6.07) is 9.90. The molecule has 0 saturated carbocycles. The minimum absolute atomic E-state index is 0.250. The maximum absolute atomic E-state index is 11.3. The molecule has 80 valence electrons. The molecule has 2 aromatic rings. The summed E-state index contributed by atoms with van der Waals surface area (Å²) in [4.78, 5) is 11.3. The van der Waals surface area contributed by atoms with E-state index in [1.807, 2.05) is 30.3 Å². The normalized spacial score (nSPS) is 14.9. The van der Waals surface area contributed by atoms with Gasteiger partial charge in [-0.15, -0.1) is 0 Å². The van der Waals surface area contributed by atoms with Gasteiger partial charge in [-0.05, 0) is 6.42 Å². The number of aromatic nitrogens is 1. The molecule has 0 spiro atoms. The van der Waals surface area contributed by atoms with Gasteiger partial charge in [-0.3, -0.25) is 4.79 Å². The van der Waals surface area contributed by atoms with Crippen LogP contribution in [0.3, 0.4) is 0 Å². The van der Waals surface area contributed by atoms with Gasteiger partial charge in [0, 0.05) is 17.5 Å². The van der Waals surface area contributed by atoms with Crippen LogP contribution in [0.2, 0.25) is 0 Å². The molecule has 3 rings (SSSR count). The van der Waals surface area contributed by atoms with Crippen molar-refractivity contribution in [3.8, 4) is 11.3 Å². The number of benzene rings is 1. The summed E-state index contributed by atoms with van der Waals surface area (Å²) in [5, 5.41) is 3.99. The molecule has 0 amide bonds. The number of hydrogen-bond donors (Lipinski definition) is 0. The van der Waals surface area contributed by atoms with Crippen LogP contribution in [0, 0.1) is 0 Å². The summed E-state index contributed by atoms with van der Waals surface area (Å²) in [5.74, 6) is 1.07. The summed E-state index contributed by atoms with van der Waals surface area (Å²) in [6.45, 7) is 0. The maximum Gasteiger partial charge on any atom is 0.170 e. The van der Waals surface area contributed by atoms with Gasteiger partial charge < -0.3 is 4.52 Å². The molecule has 1 heterocycles. The molecule has 16 heavy (non-hydrogen) atoms. The molecule has 0 unspecified atom stereocenters. The molecule has 3 heteroatoms. The van der Waals surface area contributed by atoms with E-state index in [2.05, 4.69) is 5.16 Å². The molecule has 1 aliphatic carbocycles. The summed E-state index contributed by atoms with van der Waals surface area (Å²) < 4.78 is 5.35. The highest BCUT2D eigenvalue weighted by molar-refractivity contribution is 5.83. The quantitative estimate of drug-likeness (QED) is 0.730. The van der Waals surface area contributed by atoms with Crippen LogP contribution in [-0.2, 0) is 17.6 Å². The Balaban J connectivity index is 2.08. The Morgan fingerprint density at radius 1 is 1.12 bits per heavy atom. The molecule has 0 bridgehead atoms. The standard InChI is InChI=1S/C13H11NO2/c15-10-6-7-11-12(8-10)14-16-13(11)9-4-2-1-3-5-9/h1-5H,6-8H2. The third kappa shape index (κ3) is 1.45. The lowest BCUT2D eigenvalue weighted by Gasteiger charge is -2.08. The molecule has 0 N–H and O–H groups in total. The average Bonchev–Trinajstić information content (AvgIpc) is 2.73. The summed E-state index contributed by atoms with van der Waals surface area (Å²) >= 11 is 0. The van der Waals surface area contributed by atoms with Crippen LogP contribution in [0.25, 0.3) is 11.3 Å². The van der Waals surface area contributed by atoms with E-state index in [0.717, 1.165) is 29.0 Å². The second kappa shape index (κ2) is 3.59. The minimum Gasteiger partial charge on any atom is -0.356 e. The molecule has 0 radical (unpaired) electrons. The van der Waals surface area contributed by atoms with Crippen molar-refractivity contribution in [3.05, 3.63) is 41.6 Å². The van der Waals surface area contributed by atoms with E-state index in [0.29, 0.717) is 12.8 Å². The summed E-state index contributed by atoms with van der Waals surface area (Å²) in [6.07, 6.45) is 1.78. The third-order valence-corrected chi connectivity index (χ3v) is 2.92. The van der Waals surface area contributed by atoms with E-state index in [4.69, 9.17) is 4.52 Å². The zero-order valence-electron chi connectivity index (χ0n) is 8.77. The number of carbonyl (C=O) groups excluding carboxylic acids is 1. The fourth-order valence-corrected chi connectivity index (χ4v) is 2.09. The van der Waals surface area contributed by atoms with E-state index in [9.17, 15) is 4.79 Å². The SMILES string of the molecule is O=C1CCc2c(noc2-c2ccccc2)C1. The van der Waals surface area contributed by atoms with Crippen molar-refractivity contribution in [2.75, 3.05) is 0 Å². The molecule has 0 fully saturated rings. The number of rotatable bonds is 1. The van der Waals surface area contributed by atoms with Crippen molar-refractivity contribution >= 4 is 5.78 Å². The smallest absolute Gasteiger partial charge is 0.170 e. The maximum atomic E-state index is 11.3. The van der Waals surface area contributed by atoms with Gasteiger partial charge in [-0.25, -0.2) is 0 Å². The van der Waals surface area contributed by atoms with Crippen LogP contribution < -0.4 is 0 Å². The summed E-state index contributed by atoms with van der Waals surface area (Å²) in [5.41, 5.74) is 2.95. The van der Waals surface area contributed by atoms with Crippen LogP contribution >= 0.6 is 0 Å². The van der Waals surface area contributed by atoms with Gasteiger partial charge in [0.15, 0.2) is 5.76 Å². The number of fused-ring (bicyclic) bond motifs is 1. The van der Waals surface area contributed by atoms with E-state index in [-0.39, 0.29) is 5.78 Å². The van der Waals surface area contributed by atoms with Gasteiger partial charge in [0.1, 0.15) is 5.78 Å². The van der Waals surface area contributed by atoms with Crippen LogP contribution in [0.4, 0.5) is 0 Å². The molecule has 1 aliphatic rings. The molecular formula is C13H11NO2. The number of hydrogen-bond acceptors (Lipinski definition) is 3. The first kappa shape index (κ1) is 9.33. The lowest BCUT2D eigenvalue weighted by atomic mass is 9.93. The number of Topliss-reactive ketones (excluding diaryl/α,β-unsaturated/α-hetero) is 1. The predicted octanol–water partition coefficient (Wildman–Crippen LogP) is 2.40. The second-order valence-corrected chi connectivity index (χ2v) is 4.02. The van der Waals surface area contributed by atoms with Crippen molar-refractivity contribution in [3.63, 3.8) is 0 Å². The van der Waals surface area contributed by atoms with Crippen molar-refractivity contribution in [1.29, 1.82) is 0 Å². The van der Waals surface area contributed by atoms with Crippen LogP contribution in [0.1, 0.15) is 17.7 Å². The average molecular weight is 213 g/mol. The Morgan fingerprint density at radius 3 is 2.75 bits per heavy atom. The van der Waals surface area contributed by atoms with Crippen LogP contribution in [0.15, 0.2) is 34.9 Å². The highest BCUT2D eigenvalue weighted by atomic mass is 16.5. The molecule has 0 aliphatic heterocycles. The number of carbonyl (C=O) groups is 1. The van der Waals surface area contributed by atoms with Gasteiger partial charge in [0.05, 0.1) is 12.1 Å². The monoisotopic (exact) mass is 213 g/mol. The molecule has 1 aromatic heterocycles. The fourth-order valence-electron chi connectivity index (χ4n) is 2.09. The first-order valence-electron chi connectivity index (χ1n) is 5.39. The first-order valence-corrected chi connectivity index (χ1v) is 5.39. The first-order chi connectivity index (χ1) is 7.84. The lowest BCUT2D eigenvalue weighted by molar-refractivity contribution is -0.118. The van der Waals surface area contributed by atoms with Gasteiger partial charge >= 0.3 is 0 Å². The second-order valence-electron chi connectivity index (χ2n) is 4.02. The van der Waals surface area contributed by atoms with Crippen molar-refractivity contribution in [2.45, 2.75) is 19.3 Å². The molecule has 3 nitrogen and oxygen atoms in total. The Labute approximate surface area is 93.1 Å². The molecule has 0 saturated heterocycles. The predicted molar refractivity (Wildman–Crippen MR) is 59.0 cm³/mol. The van der Waals surface area contributed by atoms with Crippen LogP contribution in [0.5, 0.6) is 0 Å². The zero-order chi connectivity index (χ0) is 11.0. The zero-order valence-corrected chi connectivity index (χ0v) is 8.77. The van der Waals surface area contributed by atoms with E-state index >= 15 is 0 Å². The third-order valence-electron chi connectivity index (χ3n) is 2.92. The van der Waals surface area contributed by atoms with Crippen molar-refractivity contribution in [2.24, 2.45) is 0 Å². The Hall–Kier alpha value is -1.90. The minimum atomic E-state index is 0.250. The highest BCUT2D eigenvalue weighted by Gasteiger charge is 2.24. The fraction of sp³-hybridized carbons (Fsp3) is 0.231.